The maximum Gasteiger partial charge on any atom is 0.172 e. The number of carbonyl (C=O) groups excluding carboxylic acids is 1. The summed E-state index contributed by atoms with van der Waals surface area (Å²) < 4.78 is 0. The van der Waals surface area contributed by atoms with E-state index in [-0.39, 0.29) is 11.7 Å². The first kappa shape index (κ1) is 12.9. The minimum atomic E-state index is -0.0526. The first-order chi connectivity index (χ1) is 9.79. The van der Waals surface area contributed by atoms with Crippen LogP contribution in [0.5, 0.6) is 0 Å². The van der Waals surface area contributed by atoms with Crippen molar-refractivity contribution in [1.82, 2.24) is 0 Å². The Morgan fingerprint density at radius 1 is 1.15 bits per heavy atom. The molecule has 0 amide bonds. The molecule has 0 saturated heterocycles. The van der Waals surface area contributed by atoms with E-state index in [4.69, 9.17) is 0 Å². The summed E-state index contributed by atoms with van der Waals surface area (Å²) in [5, 5.41) is 3.31. The van der Waals surface area contributed by atoms with Crippen molar-refractivity contribution in [2.45, 2.75) is 25.7 Å². The van der Waals surface area contributed by atoms with E-state index in [0.717, 1.165) is 29.7 Å². The number of fused-ring (bicyclic) bond motifs is 1. The van der Waals surface area contributed by atoms with E-state index in [9.17, 15) is 4.79 Å². The van der Waals surface area contributed by atoms with Crippen molar-refractivity contribution in [3.8, 4) is 0 Å². The van der Waals surface area contributed by atoms with Gasteiger partial charge in [0.05, 0.1) is 5.92 Å². The zero-order valence-corrected chi connectivity index (χ0v) is 11.7. The number of rotatable bonds is 4. The lowest BCUT2D eigenvalue weighted by Crippen LogP contribution is -2.14. The number of para-hydroxylation sites is 1. The number of nitrogens with one attached hydrogen (secondary N) is 1. The van der Waals surface area contributed by atoms with Crippen LogP contribution in [0.25, 0.3) is 0 Å². The molecule has 1 aliphatic rings. The van der Waals surface area contributed by atoms with E-state index in [1.54, 1.807) is 0 Å². The highest BCUT2D eigenvalue weighted by molar-refractivity contribution is 6.03. The zero-order valence-electron chi connectivity index (χ0n) is 11.7. The van der Waals surface area contributed by atoms with Crippen LogP contribution in [0.1, 0.15) is 40.7 Å². The lowest BCUT2D eigenvalue weighted by Gasteiger charge is -2.09. The van der Waals surface area contributed by atoms with Crippen LogP contribution in [0.15, 0.2) is 48.5 Å². The molecule has 0 aliphatic carbocycles. The van der Waals surface area contributed by atoms with Gasteiger partial charge >= 0.3 is 0 Å². The molecule has 2 aromatic rings. The number of ketones is 1. The molecule has 1 atom stereocenters. The van der Waals surface area contributed by atoms with E-state index in [2.05, 4.69) is 24.4 Å². The molecule has 0 radical (unpaired) electrons. The largest absolute Gasteiger partial charge is 0.384 e. The molecular formula is C18H19NO. The maximum absolute atomic E-state index is 12.6. The van der Waals surface area contributed by atoms with Crippen molar-refractivity contribution in [1.29, 1.82) is 0 Å². The normalized spacial score (nSPS) is 16.6. The minimum absolute atomic E-state index is 0.0526. The summed E-state index contributed by atoms with van der Waals surface area (Å²) in [6, 6.07) is 16.2. The molecule has 20 heavy (non-hydrogen) atoms. The molecule has 1 unspecified atom stereocenters. The summed E-state index contributed by atoms with van der Waals surface area (Å²) in [6.07, 6.45) is 2.20. The molecule has 0 fully saturated rings. The third kappa shape index (κ3) is 2.34. The maximum atomic E-state index is 12.6. The van der Waals surface area contributed by atoms with Crippen LogP contribution in [-0.4, -0.2) is 12.3 Å². The van der Waals surface area contributed by atoms with Gasteiger partial charge in [-0.2, -0.15) is 0 Å². The van der Waals surface area contributed by atoms with Gasteiger partial charge in [0.15, 0.2) is 5.78 Å². The highest BCUT2D eigenvalue weighted by Gasteiger charge is 2.28. The van der Waals surface area contributed by atoms with Gasteiger partial charge in [0.25, 0.3) is 0 Å². The first-order valence-electron chi connectivity index (χ1n) is 7.25. The molecule has 102 valence electrons. The van der Waals surface area contributed by atoms with E-state index < -0.39 is 0 Å². The van der Waals surface area contributed by atoms with Crippen LogP contribution < -0.4 is 5.32 Å². The average molecular weight is 265 g/mol. The summed E-state index contributed by atoms with van der Waals surface area (Å²) in [5.41, 5.74) is 4.32. The number of benzene rings is 2. The Bertz CT molecular complexity index is 616. The number of Topliss-reactive ketones (excluding diaryl/α,β-unsaturated/α-hetero) is 1. The molecular weight excluding hydrogens is 246 g/mol. The molecule has 0 spiro atoms. The van der Waals surface area contributed by atoms with Gasteiger partial charge < -0.3 is 5.32 Å². The Balaban J connectivity index is 1.83. The molecule has 1 heterocycles. The fourth-order valence-electron chi connectivity index (χ4n) is 2.84. The third-order valence-electron chi connectivity index (χ3n) is 3.93. The second-order valence-electron chi connectivity index (χ2n) is 5.33. The van der Waals surface area contributed by atoms with Gasteiger partial charge in [-0.15, -0.1) is 0 Å². The standard InChI is InChI=1S/C18H19NO/c1-2-5-13-8-10-14(11-9-13)18(20)16-12-19-17-7-4-3-6-15(16)17/h3-4,6-11,16,19H,2,5,12H2,1H3. The third-order valence-corrected chi connectivity index (χ3v) is 3.93. The molecule has 0 aromatic heterocycles. The van der Waals surface area contributed by atoms with E-state index >= 15 is 0 Å². The number of hydrogen-bond acceptors (Lipinski definition) is 2. The number of anilines is 1. The SMILES string of the molecule is CCCc1ccc(C(=O)C2CNc3ccccc32)cc1. The Morgan fingerprint density at radius 3 is 2.65 bits per heavy atom. The average Bonchev–Trinajstić information content (AvgIpc) is 2.92. The molecule has 3 rings (SSSR count). The minimum Gasteiger partial charge on any atom is -0.384 e. The molecule has 1 N–H and O–H groups in total. The van der Waals surface area contributed by atoms with Crippen LogP contribution >= 0.6 is 0 Å². The van der Waals surface area contributed by atoms with Gasteiger partial charge in [-0.1, -0.05) is 55.8 Å². The van der Waals surface area contributed by atoms with E-state index in [1.165, 1.54) is 5.56 Å². The van der Waals surface area contributed by atoms with Crippen molar-refractivity contribution in [2.24, 2.45) is 0 Å². The van der Waals surface area contributed by atoms with Crippen molar-refractivity contribution >= 4 is 11.5 Å². The summed E-state index contributed by atoms with van der Waals surface area (Å²) in [7, 11) is 0. The van der Waals surface area contributed by atoms with Gasteiger partial charge in [0.2, 0.25) is 0 Å². The second-order valence-corrected chi connectivity index (χ2v) is 5.33. The summed E-state index contributed by atoms with van der Waals surface area (Å²) in [4.78, 5) is 12.6. The smallest absolute Gasteiger partial charge is 0.172 e. The van der Waals surface area contributed by atoms with Gasteiger partial charge in [-0.05, 0) is 23.6 Å². The van der Waals surface area contributed by atoms with Crippen molar-refractivity contribution in [2.75, 3.05) is 11.9 Å². The number of carbonyl (C=O) groups is 1. The van der Waals surface area contributed by atoms with E-state index in [0.29, 0.717) is 6.54 Å². The van der Waals surface area contributed by atoms with Crippen LogP contribution in [0.2, 0.25) is 0 Å². The summed E-state index contributed by atoms with van der Waals surface area (Å²) in [6.45, 7) is 2.87. The molecule has 0 saturated carbocycles. The van der Waals surface area contributed by atoms with Crippen molar-refractivity contribution in [3.63, 3.8) is 0 Å². The fraction of sp³-hybridized carbons (Fsp3) is 0.278. The molecule has 0 bridgehead atoms. The van der Waals surface area contributed by atoms with Crippen LogP contribution in [0.3, 0.4) is 0 Å². The highest BCUT2D eigenvalue weighted by Crippen LogP contribution is 2.33. The number of hydrogen-bond donors (Lipinski definition) is 1. The van der Waals surface area contributed by atoms with Gasteiger partial charge in [0.1, 0.15) is 0 Å². The fourth-order valence-corrected chi connectivity index (χ4v) is 2.84. The molecule has 2 aromatic carbocycles. The molecule has 2 heteroatoms. The Morgan fingerprint density at radius 2 is 1.90 bits per heavy atom. The van der Waals surface area contributed by atoms with Gasteiger partial charge in [-0.25, -0.2) is 0 Å². The lowest BCUT2D eigenvalue weighted by molar-refractivity contribution is 0.0966. The molecule has 1 aliphatic heterocycles. The van der Waals surface area contributed by atoms with Crippen LogP contribution in [-0.2, 0) is 6.42 Å². The predicted octanol–water partition coefficient (Wildman–Crippen LogP) is 4.03. The molecule has 2 nitrogen and oxygen atoms in total. The highest BCUT2D eigenvalue weighted by atomic mass is 16.1. The first-order valence-corrected chi connectivity index (χ1v) is 7.25. The Labute approximate surface area is 119 Å². The quantitative estimate of drug-likeness (QED) is 0.846. The Kier molecular flexibility index (Phi) is 3.55. The lowest BCUT2D eigenvalue weighted by atomic mass is 9.92. The van der Waals surface area contributed by atoms with Crippen molar-refractivity contribution in [3.05, 3.63) is 65.2 Å². The monoisotopic (exact) mass is 265 g/mol. The predicted molar refractivity (Wildman–Crippen MR) is 82.4 cm³/mol. The number of aryl methyl sites for hydroxylation is 1. The topological polar surface area (TPSA) is 29.1 Å². The summed E-state index contributed by atoms with van der Waals surface area (Å²) >= 11 is 0. The summed E-state index contributed by atoms with van der Waals surface area (Å²) in [5.74, 6) is 0.161. The van der Waals surface area contributed by atoms with Gasteiger partial charge in [-0.3, -0.25) is 4.79 Å². The van der Waals surface area contributed by atoms with Gasteiger partial charge in [0, 0.05) is 17.8 Å². The second kappa shape index (κ2) is 5.49. The van der Waals surface area contributed by atoms with Crippen LogP contribution in [0, 0.1) is 0 Å². The van der Waals surface area contributed by atoms with Crippen LogP contribution in [0.4, 0.5) is 5.69 Å². The van der Waals surface area contributed by atoms with Crippen molar-refractivity contribution < 1.29 is 4.79 Å². The zero-order chi connectivity index (χ0) is 13.9. The Hall–Kier alpha value is -2.09. The van der Waals surface area contributed by atoms with E-state index in [1.807, 2.05) is 36.4 Å².